The Morgan fingerprint density at radius 1 is 1.07 bits per heavy atom. The van der Waals surface area contributed by atoms with Crippen LogP contribution in [0.4, 0.5) is 8.78 Å². The van der Waals surface area contributed by atoms with Crippen molar-refractivity contribution in [2.24, 2.45) is 0 Å². The van der Waals surface area contributed by atoms with Crippen LogP contribution in [0.2, 0.25) is 0 Å². The van der Waals surface area contributed by atoms with Crippen LogP contribution in [-0.4, -0.2) is 15.5 Å². The molecule has 0 fully saturated rings. The van der Waals surface area contributed by atoms with Crippen molar-refractivity contribution < 1.29 is 18.0 Å². The van der Waals surface area contributed by atoms with Gasteiger partial charge < -0.3 is 14.3 Å². The van der Waals surface area contributed by atoms with Gasteiger partial charge in [-0.05, 0) is 42.3 Å². The molecule has 0 aliphatic heterocycles. The van der Waals surface area contributed by atoms with Gasteiger partial charge in [-0.15, -0.1) is 0 Å². The molecule has 4 rings (SSSR count). The average molecular weight is 381 g/mol. The molecule has 0 aliphatic carbocycles. The first-order valence-electron chi connectivity index (χ1n) is 8.71. The summed E-state index contributed by atoms with van der Waals surface area (Å²) in [5, 5.41) is 2.85. The van der Waals surface area contributed by atoms with E-state index >= 15 is 0 Å². The molecule has 0 bridgehead atoms. The highest BCUT2D eigenvalue weighted by Gasteiger charge is 2.19. The number of fused-ring (bicyclic) bond motifs is 1. The SMILES string of the molecule is Cc1cc2c(cc(C(=O)NCc3ccncc3)n2Cc2cc(F)cc(F)c2)o1. The number of nitrogens with zero attached hydrogens (tertiary/aromatic N) is 2. The number of aryl methyl sites for hydroxylation is 1. The second kappa shape index (κ2) is 7.26. The predicted octanol–water partition coefficient (Wildman–Crippen LogP) is 4.19. The molecule has 1 N–H and O–H groups in total. The molecule has 3 aromatic heterocycles. The molecule has 0 aliphatic rings. The van der Waals surface area contributed by atoms with Gasteiger partial charge in [0.25, 0.3) is 5.91 Å². The van der Waals surface area contributed by atoms with Crippen LogP contribution in [0, 0.1) is 18.6 Å². The number of carbonyl (C=O) groups is 1. The maximum absolute atomic E-state index is 13.6. The molecule has 1 amide bonds. The van der Waals surface area contributed by atoms with E-state index in [0.29, 0.717) is 34.7 Å². The van der Waals surface area contributed by atoms with Gasteiger partial charge in [0.1, 0.15) is 23.1 Å². The standard InChI is InChI=1S/C21H17F2N3O2/c1-13-6-18-20(28-13)10-19(21(27)25-11-14-2-4-24-5-3-14)26(18)12-15-7-16(22)9-17(23)8-15/h2-10H,11-12H2,1H3,(H,25,27). The molecule has 0 unspecified atom stereocenters. The minimum absolute atomic E-state index is 0.134. The summed E-state index contributed by atoms with van der Waals surface area (Å²) in [6.45, 7) is 2.27. The van der Waals surface area contributed by atoms with E-state index in [9.17, 15) is 13.6 Å². The zero-order valence-corrected chi connectivity index (χ0v) is 15.1. The number of nitrogens with one attached hydrogen (secondary N) is 1. The maximum Gasteiger partial charge on any atom is 0.268 e. The fourth-order valence-corrected chi connectivity index (χ4v) is 3.18. The second-order valence-corrected chi connectivity index (χ2v) is 6.54. The number of furan rings is 1. The van der Waals surface area contributed by atoms with Crippen LogP contribution in [-0.2, 0) is 13.1 Å². The summed E-state index contributed by atoms with van der Waals surface area (Å²) in [7, 11) is 0. The van der Waals surface area contributed by atoms with Gasteiger partial charge in [0.2, 0.25) is 0 Å². The Labute approximate surface area is 159 Å². The average Bonchev–Trinajstić information content (AvgIpc) is 3.17. The molecule has 4 aromatic rings. The number of amides is 1. The van der Waals surface area contributed by atoms with Crippen molar-refractivity contribution >= 4 is 17.0 Å². The summed E-state index contributed by atoms with van der Waals surface area (Å²) < 4.78 is 34.5. The lowest BCUT2D eigenvalue weighted by Crippen LogP contribution is -2.25. The van der Waals surface area contributed by atoms with E-state index in [-0.39, 0.29) is 12.5 Å². The fourth-order valence-electron chi connectivity index (χ4n) is 3.18. The van der Waals surface area contributed by atoms with Gasteiger partial charge in [-0.2, -0.15) is 0 Å². The van der Waals surface area contributed by atoms with Crippen molar-refractivity contribution in [2.75, 3.05) is 0 Å². The molecule has 0 atom stereocenters. The molecular formula is C21H17F2N3O2. The molecule has 0 saturated carbocycles. The van der Waals surface area contributed by atoms with Crippen molar-refractivity contribution in [3.63, 3.8) is 0 Å². The van der Waals surface area contributed by atoms with Crippen molar-refractivity contribution in [1.29, 1.82) is 0 Å². The molecular weight excluding hydrogens is 364 g/mol. The normalized spacial score (nSPS) is 11.1. The quantitative estimate of drug-likeness (QED) is 0.564. The van der Waals surface area contributed by atoms with Gasteiger partial charge in [0, 0.05) is 43.7 Å². The van der Waals surface area contributed by atoms with Crippen LogP contribution in [0.5, 0.6) is 0 Å². The third-order valence-corrected chi connectivity index (χ3v) is 4.41. The lowest BCUT2D eigenvalue weighted by atomic mass is 10.2. The first kappa shape index (κ1) is 17.9. The van der Waals surface area contributed by atoms with E-state index in [1.807, 2.05) is 12.1 Å². The van der Waals surface area contributed by atoms with Gasteiger partial charge in [-0.3, -0.25) is 9.78 Å². The summed E-state index contributed by atoms with van der Waals surface area (Å²) >= 11 is 0. The molecule has 0 spiro atoms. The highest BCUT2D eigenvalue weighted by atomic mass is 19.1. The van der Waals surface area contributed by atoms with Crippen LogP contribution in [0.3, 0.4) is 0 Å². The highest BCUT2D eigenvalue weighted by Crippen LogP contribution is 2.25. The van der Waals surface area contributed by atoms with Crippen molar-refractivity contribution in [2.45, 2.75) is 20.0 Å². The van der Waals surface area contributed by atoms with Crippen molar-refractivity contribution in [1.82, 2.24) is 14.9 Å². The third kappa shape index (κ3) is 3.64. The van der Waals surface area contributed by atoms with E-state index in [2.05, 4.69) is 10.3 Å². The van der Waals surface area contributed by atoms with Crippen LogP contribution in [0.1, 0.15) is 27.4 Å². The van der Waals surface area contributed by atoms with E-state index in [1.54, 1.807) is 36.0 Å². The zero-order chi connectivity index (χ0) is 19.7. The fraction of sp³-hybridized carbons (Fsp3) is 0.143. The lowest BCUT2D eigenvalue weighted by Gasteiger charge is -2.11. The number of hydrogen-bond donors (Lipinski definition) is 1. The maximum atomic E-state index is 13.6. The summed E-state index contributed by atoms with van der Waals surface area (Å²) in [5.41, 5.74) is 2.91. The van der Waals surface area contributed by atoms with Crippen LogP contribution < -0.4 is 5.32 Å². The predicted molar refractivity (Wildman–Crippen MR) is 99.8 cm³/mol. The van der Waals surface area contributed by atoms with Crippen LogP contribution in [0.15, 0.2) is 59.3 Å². The Bertz CT molecular complexity index is 1130. The minimum atomic E-state index is -0.662. The van der Waals surface area contributed by atoms with Crippen LogP contribution in [0.25, 0.3) is 11.1 Å². The van der Waals surface area contributed by atoms with E-state index in [0.717, 1.165) is 11.6 Å². The number of hydrogen-bond acceptors (Lipinski definition) is 3. The largest absolute Gasteiger partial charge is 0.460 e. The molecule has 142 valence electrons. The molecule has 5 nitrogen and oxygen atoms in total. The zero-order valence-electron chi connectivity index (χ0n) is 15.1. The van der Waals surface area contributed by atoms with Crippen LogP contribution >= 0.6 is 0 Å². The van der Waals surface area contributed by atoms with Crippen molar-refractivity contribution in [3.05, 3.63) is 89.1 Å². The summed E-state index contributed by atoms with van der Waals surface area (Å²) in [6.07, 6.45) is 3.30. The van der Waals surface area contributed by atoms with Gasteiger partial charge in [-0.25, -0.2) is 8.78 Å². The number of halogens is 2. The Kier molecular flexibility index (Phi) is 4.65. The summed E-state index contributed by atoms with van der Waals surface area (Å²) in [5.74, 6) is -0.943. The number of aromatic nitrogens is 2. The Morgan fingerprint density at radius 2 is 1.79 bits per heavy atom. The molecule has 1 aromatic carbocycles. The highest BCUT2D eigenvalue weighted by molar-refractivity contribution is 5.97. The lowest BCUT2D eigenvalue weighted by molar-refractivity contribution is 0.0942. The van der Waals surface area contributed by atoms with E-state index in [1.165, 1.54) is 12.1 Å². The topological polar surface area (TPSA) is 60.1 Å². The minimum Gasteiger partial charge on any atom is -0.460 e. The smallest absolute Gasteiger partial charge is 0.268 e. The molecule has 28 heavy (non-hydrogen) atoms. The summed E-state index contributed by atoms with van der Waals surface area (Å²) in [4.78, 5) is 16.7. The summed E-state index contributed by atoms with van der Waals surface area (Å²) in [6, 6.07) is 10.4. The molecule has 3 heterocycles. The van der Waals surface area contributed by atoms with Gasteiger partial charge in [0.05, 0.1) is 5.52 Å². The number of rotatable bonds is 5. The van der Waals surface area contributed by atoms with E-state index < -0.39 is 11.6 Å². The Hall–Kier alpha value is -3.48. The molecule has 0 saturated heterocycles. The van der Waals surface area contributed by atoms with Gasteiger partial charge in [-0.1, -0.05) is 0 Å². The second-order valence-electron chi connectivity index (χ2n) is 6.54. The number of carbonyl (C=O) groups excluding carboxylic acids is 1. The first-order chi connectivity index (χ1) is 13.5. The molecule has 0 radical (unpaired) electrons. The first-order valence-corrected chi connectivity index (χ1v) is 8.71. The Balaban J connectivity index is 1.66. The monoisotopic (exact) mass is 381 g/mol. The Morgan fingerprint density at radius 3 is 2.50 bits per heavy atom. The number of pyridine rings is 1. The molecule has 7 heteroatoms. The van der Waals surface area contributed by atoms with Gasteiger partial charge >= 0.3 is 0 Å². The third-order valence-electron chi connectivity index (χ3n) is 4.41. The van der Waals surface area contributed by atoms with E-state index in [4.69, 9.17) is 4.42 Å². The number of benzene rings is 1. The van der Waals surface area contributed by atoms with Crippen molar-refractivity contribution in [3.8, 4) is 0 Å². The van der Waals surface area contributed by atoms with Gasteiger partial charge in [0.15, 0.2) is 5.58 Å².